The van der Waals surface area contributed by atoms with Gasteiger partial charge in [0.15, 0.2) is 0 Å². The molecule has 0 aromatic heterocycles. The van der Waals surface area contributed by atoms with E-state index in [1.165, 1.54) is 0 Å². The highest BCUT2D eigenvalue weighted by Crippen LogP contribution is 2.21. The van der Waals surface area contributed by atoms with E-state index in [1.807, 2.05) is 0 Å². The van der Waals surface area contributed by atoms with Gasteiger partial charge < -0.3 is 10.1 Å². The summed E-state index contributed by atoms with van der Waals surface area (Å²) in [5.74, 6) is 0. The van der Waals surface area contributed by atoms with Crippen LogP contribution in [0, 0.1) is 5.41 Å². The molecular weight excluding hydrogens is 162 g/mol. The molecule has 1 heterocycles. The summed E-state index contributed by atoms with van der Waals surface area (Å²) in [5.41, 5.74) is 0.336. The van der Waals surface area contributed by atoms with Crippen molar-refractivity contribution < 1.29 is 4.74 Å². The summed E-state index contributed by atoms with van der Waals surface area (Å²) < 4.78 is 5.52. The van der Waals surface area contributed by atoms with Crippen molar-refractivity contribution in [1.82, 2.24) is 5.32 Å². The lowest BCUT2D eigenvalue weighted by Gasteiger charge is -2.31. The van der Waals surface area contributed by atoms with Crippen molar-refractivity contribution in [3.63, 3.8) is 0 Å². The van der Waals surface area contributed by atoms with E-state index in [-0.39, 0.29) is 0 Å². The average molecular weight is 185 g/mol. The van der Waals surface area contributed by atoms with Gasteiger partial charge in [-0.05, 0) is 25.7 Å². The highest BCUT2D eigenvalue weighted by molar-refractivity contribution is 4.85. The molecular formula is C11H23NO. The fourth-order valence-electron chi connectivity index (χ4n) is 1.52. The van der Waals surface area contributed by atoms with Crippen molar-refractivity contribution in [2.24, 2.45) is 5.41 Å². The first-order valence-corrected chi connectivity index (χ1v) is 5.29. The van der Waals surface area contributed by atoms with Gasteiger partial charge in [-0.1, -0.05) is 20.8 Å². The molecule has 0 amide bonds. The highest BCUT2D eigenvalue weighted by atomic mass is 16.5. The zero-order valence-corrected chi connectivity index (χ0v) is 9.55. The second-order valence-corrected chi connectivity index (χ2v) is 5.23. The molecule has 78 valence electrons. The summed E-state index contributed by atoms with van der Waals surface area (Å²) in [6, 6.07) is 1.09. The Kier molecular flexibility index (Phi) is 3.36. The maximum absolute atomic E-state index is 5.52. The third-order valence-corrected chi connectivity index (χ3v) is 3.14. The molecule has 13 heavy (non-hydrogen) atoms. The molecule has 3 atom stereocenters. The summed E-state index contributed by atoms with van der Waals surface area (Å²) >= 11 is 0. The van der Waals surface area contributed by atoms with E-state index < -0.39 is 0 Å². The van der Waals surface area contributed by atoms with Crippen LogP contribution in [0.15, 0.2) is 0 Å². The van der Waals surface area contributed by atoms with E-state index in [0.29, 0.717) is 23.6 Å². The maximum atomic E-state index is 5.52. The van der Waals surface area contributed by atoms with Gasteiger partial charge in [-0.15, -0.1) is 0 Å². The molecule has 1 rings (SSSR count). The van der Waals surface area contributed by atoms with E-state index in [2.05, 4.69) is 39.9 Å². The molecule has 3 unspecified atom stereocenters. The zero-order chi connectivity index (χ0) is 10.1. The van der Waals surface area contributed by atoms with Crippen molar-refractivity contribution in [3.05, 3.63) is 0 Å². The molecule has 0 aromatic rings. The lowest BCUT2D eigenvalue weighted by Crippen LogP contribution is -2.46. The molecule has 2 heteroatoms. The predicted molar refractivity (Wildman–Crippen MR) is 55.9 cm³/mol. The van der Waals surface area contributed by atoms with Crippen molar-refractivity contribution in [2.75, 3.05) is 6.61 Å². The Labute approximate surface area is 82.0 Å². The number of rotatable bonds is 2. The largest absolute Gasteiger partial charge is 0.377 e. The number of hydrogen-bond donors (Lipinski definition) is 1. The van der Waals surface area contributed by atoms with Gasteiger partial charge in [0, 0.05) is 18.7 Å². The van der Waals surface area contributed by atoms with Crippen LogP contribution in [0.25, 0.3) is 0 Å². The Bertz CT molecular complexity index is 162. The lowest BCUT2D eigenvalue weighted by atomic mass is 9.87. The summed E-state index contributed by atoms with van der Waals surface area (Å²) in [5, 5.41) is 3.64. The first-order valence-electron chi connectivity index (χ1n) is 5.29. The summed E-state index contributed by atoms with van der Waals surface area (Å²) in [4.78, 5) is 0. The molecule has 1 N–H and O–H groups in total. The van der Waals surface area contributed by atoms with E-state index >= 15 is 0 Å². The van der Waals surface area contributed by atoms with Gasteiger partial charge in [0.05, 0.1) is 6.10 Å². The van der Waals surface area contributed by atoms with E-state index in [0.717, 1.165) is 13.0 Å². The molecule has 1 fully saturated rings. The Hall–Kier alpha value is -0.0800. The van der Waals surface area contributed by atoms with Gasteiger partial charge in [0.2, 0.25) is 0 Å². The van der Waals surface area contributed by atoms with Crippen LogP contribution in [-0.2, 0) is 4.74 Å². The molecule has 0 aromatic carbocycles. The van der Waals surface area contributed by atoms with Crippen molar-refractivity contribution >= 4 is 0 Å². The average Bonchev–Trinajstić information content (AvgIpc) is 2.34. The number of nitrogens with one attached hydrogen (secondary N) is 1. The quantitative estimate of drug-likeness (QED) is 0.712. The molecule has 0 aliphatic carbocycles. The third-order valence-electron chi connectivity index (χ3n) is 3.14. The van der Waals surface area contributed by atoms with Crippen LogP contribution >= 0.6 is 0 Å². The van der Waals surface area contributed by atoms with Crippen LogP contribution in [0.3, 0.4) is 0 Å². The van der Waals surface area contributed by atoms with Crippen molar-refractivity contribution in [2.45, 2.75) is 59.2 Å². The Morgan fingerprint density at radius 2 is 2.00 bits per heavy atom. The van der Waals surface area contributed by atoms with Crippen LogP contribution in [0.2, 0.25) is 0 Å². The van der Waals surface area contributed by atoms with Crippen LogP contribution in [0.4, 0.5) is 0 Å². The third kappa shape index (κ3) is 2.96. The van der Waals surface area contributed by atoms with Crippen LogP contribution in [0.5, 0.6) is 0 Å². The SMILES string of the molecule is CC1OCCC1NC(C)C(C)(C)C. The molecule has 0 bridgehead atoms. The Balaban J connectivity index is 2.40. The molecule has 1 saturated heterocycles. The second-order valence-electron chi connectivity index (χ2n) is 5.23. The Morgan fingerprint density at radius 1 is 1.38 bits per heavy atom. The number of ether oxygens (including phenoxy) is 1. The normalized spacial score (nSPS) is 32.1. The van der Waals surface area contributed by atoms with Crippen LogP contribution < -0.4 is 5.32 Å². The van der Waals surface area contributed by atoms with Crippen LogP contribution in [0.1, 0.15) is 41.0 Å². The fraction of sp³-hybridized carbons (Fsp3) is 1.00. The highest BCUT2D eigenvalue weighted by Gasteiger charge is 2.28. The fourth-order valence-corrected chi connectivity index (χ4v) is 1.52. The van der Waals surface area contributed by atoms with Gasteiger partial charge in [-0.3, -0.25) is 0 Å². The molecule has 1 aliphatic rings. The summed E-state index contributed by atoms with van der Waals surface area (Å²) in [6.07, 6.45) is 1.53. The van der Waals surface area contributed by atoms with E-state index in [4.69, 9.17) is 4.74 Å². The topological polar surface area (TPSA) is 21.3 Å². The minimum absolute atomic E-state index is 0.336. The Morgan fingerprint density at radius 3 is 2.38 bits per heavy atom. The maximum Gasteiger partial charge on any atom is 0.0700 e. The smallest absolute Gasteiger partial charge is 0.0700 e. The first kappa shape index (κ1) is 11.0. The van der Waals surface area contributed by atoms with Gasteiger partial charge >= 0.3 is 0 Å². The molecule has 2 nitrogen and oxygen atoms in total. The van der Waals surface area contributed by atoms with Gasteiger partial charge in [0.1, 0.15) is 0 Å². The lowest BCUT2D eigenvalue weighted by molar-refractivity contribution is 0.106. The van der Waals surface area contributed by atoms with Gasteiger partial charge in [-0.25, -0.2) is 0 Å². The predicted octanol–water partition coefficient (Wildman–Crippen LogP) is 2.19. The van der Waals surface area contributed by atoms with Crippen molar-refractivity contribution in [3.8, 4) is 0 Å². The molecule has 0 spiro atoms. The summed E-state index contributed by atoms with van der Waals surface area (Å²) in [7, 11) is 0. The summed E-state index contributed by atoms with van der Waals surface area (Å²) in [6.45, 7) is 12.1. The standard InChI is InChI=1S/C11H23NO/c1-8-10(6-7-13-8)12-9(2)11(3,4)5/h8-10,12H,6-7H2,1-5H3. The number of hydrogen-bond acceptors (Lipinski definition) is 2. The van der Waals surface area contributed by atoms with Gasteiger partial charge in [-0.2, -0.15) is 0 Å². The van der Waals surface area contributed by atoms with Gasteiger partial charge in [0.25, 0.3) is 0 Å². The zero-order valence-electron chi connectivity index (χ0n) is 9.55. The van der Waals surface area contributed by atoms with E-state index in [1.54, 1.807) is 0 Å². The molecule has 1 aliphatic heterocycles. The minimum Gasteiger partial charge on any atom is -0.377 e. The minimum atomic E-state index is 0.336. The van der Waals surface area contributed by atoms with E-state index in [9.17, 15) is 0 Å². The molecule has 0 radical (unpaired) electrons. The molecule has 0 saturated carbocycles. The van der Waals surface area contributed by atoms with Crippen molar-refractivity contribution in [1.29, 1.82) is 0 Å². The first-order chi connectivity index (χ1) is 5.91. The van der Waals surface area contributed by atoms with Crippen LogP contribution in [-0.4, -0.2) is 24.8 Å². The monoisotopic (exact) mass is 185 g/mol. The second kappa shape index (κ2) is 3.97.